The van der Waals surface area contributed by atoms with E-state index in [0.717, 1.165) is 23.2 Å². The first-order chi connectivity index (χ1) is 9.49. The topological polar surface area (TPSA) is 69.6 Å². The number of carbonyl (C=O) groups excluding carboxylic acids is 1. The van der Waals surface area contributed by atoms with Gasteiger partial charge in [-0.15, -0.1) is 12.4 Å². The molecule has 21 heavy (non-hydrogen) atoms. The number of halogens is 1. The van der Waals surface area contributed by atoms with Crippen LogP contribution < -0.4 is 5.32 Å². The first-order valence-electron chi connectivity index (χ1n) is 6.82. The molecular weight excluding hydrogens is 292 g/mol. The Kier molecular flexibility index (Phi) is 6.18. The van der Waals surface area contributed by atoms with Gasteiger partial charge in [0.15, 0.2) is 0 Å². The Morgan fingerprint density at radius 1 is 1.38 bits per heavy atom. The van der Waals surface area contributed by atoms with Crippen molar-refractivity contribution in [3.05, 3.63) is 29.3 Å². The molecule has 1 aliphatic heterocycles. The Morgan fingerprint density at radius 2 is 2.10 bits per heavy atom. The van der Waals surface area contributed by atoms with Gasteiger partial charge >= 0.3 is 5.97 Å². The normalized spacial score (nSPS) is 18.1. The number of carboxylic acid groups (broad SMARTS) is 1. The number of carbonyl (C=O) groups is 2. The number of amides is 1. The summed E-state index contributed by atoms with van der Waals surface area (Å²) in [6.45, 7) is 4.74. The number of aryl methyl sites for hydroxylation is 1. The summed E-state index contributed by atoms with van der Waals surface area (Å²) in [4.78, 5) is 24.9. The Morgan fingerprint density at radius 3 is 2.76 bits per heavy atom. The number of carboxylic acids is 1. The summed E-state index contributed by atoms with van der Waals surface area (Å²) in [6, 6.07) is 5.22. The summed E-state index contributed by atoms with van der Waals surface area (Å²) in [5, 5.41) is 12.0. The fraction of sp³-hybridized carbons (Fsp3) is 0.467. The van der Waals surface area contributed by atoms with Crippen LogP contribution in [-0.2, 0) is 9.59 Å². The number of nitrogens with zero attached hydrogens (tertiary/aromatic N) is 1. The summed E-state index contributed by atoms with van der Waals surface area (Å²) in [5.41, 5.74) is 2.95. The highest BCUT2D eigenvalue weighted by Gasteiger charge is 2.31. The van der Waals surface area contributed by atoms with Crippen molar-refractivity contribution in [2.45, 2.75) is 32.7 Å². The molecule has 1 aliphatic rings. The molecule has 2 N–H and O–H groups in total. The fourth-order valence-electron chi connectivity index (χ4n) is 2.56. The van der Waals surface area contributed by atoms with Crippen molar-refractivity contribution < 1.29 is 14.7 Å². The zero-order valence-electron chi connectivity index (χ0n) is 12.3. The molecule has 0 aliphatic carbocycles. The monoisotopic (exact) mass is 312 g/mol. The lowest BCUT2D eigenvalue weighted by Gasteiger charge is -2.20. The predicted molar refractivity (Wildman–Crippen MR) is 84.0 cm³/mol. The molecule has 1 fully saturated rings. The SMILES string of the molecule is Cc1cccc(NC(=O)CN2CCC[C@H]2C(=O)O)c1C.Cl. The van der Waals surface area contributed by atoms with Gasteiger partial charge < -0.3 is 10.4 Å². The van der Waals surface area contributed by atoms with Gasteiger partial charge in [-0.2, -0.15) is 0 Å². The van der Waals surface area contributed by atoms with E-state index in [0.29, 0.717) is 13.0 Å². The fourth-order valence-corrected chi connectivity index (χ4v) is 2.56. The Balaban J connectivity index is 0.00000220. The Hall–Kier alpha value is -1.59. The van der Waals surface area contributed by atoms with Gasteiger partial charge in [0.25, 0.3) is 0 Å². The molecule has 5 nitrogen and oxygen atoms in total. The Bertz CT molecular complexity index is 534. The Labute approximate surface area is 130 Å². The first-order valence-corrected chi connectivity index (χ1v) is 6.82. The predicted octanol–water partition coefficient (Wildman–Crippen LogP) is 2.21. The first kappa shape index (κ1) is 17.5. The minimum Gasteiger partial charge on any atom is -0.480 e. The summed E-state index contributed by atoms with van der Waals surface area (Å²) < 4.78 is 0. The van der Waals surface area contributed by atoms with Crippen LogP contribution in [0.1, 0.15) is 24.0 Å². The molecule has 1 aromatic rings. The van der Waals surface area contributed by atoms with Crippen molar-refractivity contribution in [3.8, 4) is 0 Å². The van der Waals surface area contributed by atoms with E-state index < -0.39 is 12.0 Å². The van der Waals surface area contributed by atoms with Gasteiger partial charge in [-0.3, -0.25) is 14.5 Å². The van der Waals surface area contributed by atoms with Crippen LogP contribution in [0.2, 0.25) is 0 Å². The summed E-state index contributed by atoms with van der Waals surface area (Å²) in [6.07, 6.45) is 1.44. The van der Waals surface area contributed by atoms with Crippen molar-refractivity contribution in [1.29, 1.82) is 0 Å². The third kappa shape index (κ3) is 4.19. The molecular formula is C15H21ClN2O3. The van der Waals surface area contributed by atoms with Crippen LogP contribution >= 0.6 is 12.4 Å². The number of benzene rings is 1. The van der Waals surface area contributed by atoms with Crippen molar-refractivity contribution >= 4 is 30.0 Å². The molecule has 1 amide bonds. The molecule has 0 bridgehead atoms. The van der Waals surface area contributed by atoms with Gasteiger partial charge in [-0.25, -0.2) is 0 Å². The van der Waals surface area contributed by atoms with Crippen molar-refractivity contribution in [3.63, 3.8) is 0 Å². The minimum atomic E-state index is -0.845. The molecule has 0 saturated carbocycles. The van der Waals surface area contributed by atoms with Crippen molar-refractivity contribution in [2.75, 3.05) is 18.4 Å². The largest absolute Gasteiger partial charge is 0.480 e. The summed E-state index contributed by atoms with van der Waals surface area (Å²) in [5.74, 6) is -1.01. The van der Waals surface area contributed by atoms with Crippen LogP contribution in [0.15, 0.2) is 18.2 Å². The summed E-state index contributed by atoms with van der Waals surface area (Å²) >= 11 is 0. The van der Waals surface area contributed by atoms with Crippen LogP contribution in [0.25, 0.3) is 0 Å². The maximum Gasteiger partial charge on any atom is 0.320 e. The van der Waals surface area contributed by atoms with Gasteiger partial charge in [-0.1, -0.05) is 12.1 Å². The zero-order chi connectivity index (χ0) is 14.7. The standard InChI is InChI=1S/C15H20N2O3.ClH/c1-10-5-3-6-12(11(10)2)16-14(18)9-17-8-4-7-13(17)15(19)20;/h3,5-6,13H,4,7-9H2,1-2H3,(H,16,18)(H,19,20);1H/t13-;/m0./s1. The number of nitrogens with one attached hydrogen (secondary N) is 1. The third-order valence-corrected chi connectivity index (χ3v) is 3.87. The van der Waals surface area contributed by atoms with Gasteiger partial charge in [0, 0.05) is 5.69 Å². The van der Waals surface area contributed by atoms with Crippen molar-refractivity contribution in [1.82, 2.24) is 4.90 Å². The molecule has 2 rings (SSSR count). The molecule has 1 heterocycles. The quantitative estimate of drug-likeness (QED) is 0.894. The molecule has 0 radical (unpaired) electrons. The molecule has 6 heteroatoms. The van der Waals surface area contributed by atoms with Crippen LogP contribution in [0, 0.1) is 13.8 Å². The number of rotatable bonds is 4. The van der Waals surface area contributed by atoms with E-state index >= 15 is 0 Å². The molecule has 1 aromatic carbocycles. The van der Waals surface area contributed by atoms with Crippen LogP contribution in [-0.4, -0.2) is 41.0 Å². The highest BCUT2D eigenvalue weighted by molar-refractivity contribution is 5.93. The lowest BCUT2D eigenvalue weighted by Crippen LogP contribution is -2.41. The van der Waals surface area contributed by atoms with Crippen LogP contribution in [0.5, 0.6) is 0 Å². The number of anilines is 1. The number of hydrogen-bond acceptors (Lipinski definition) is 3. The molecule has 1 atom stereocenters. The van der Waals surface area contributed by atoms with Gasteiger partial charge in [0.05, 0.1) is 6.54 Å². The van der Waals surface area contributed by atoms with E-state index in [4.69, 9.17) is 5.11 Å². The zero-order valence-corrected chi connectivity index (χ0v) is 13.1. The van der Waals surface area contributed by atoms with Gasteiger partial charge in [0.1, 0.15) is 6.04 Å². The van der Waals surface area contributed by atoms with Crippen molar-refractivity contribution in [2.24, 2.45) is 0 Å². The maximum atomic E-state index is 12.1. The average molecular weight is 313 g/mol. The lowest BCUT2D eigenvalue weighted by atomic mass is 10.1. The van der Waals surface area contributed by atoms with Crippen LogP contribution in [0.4, 0.5) is 5.69 Å². The van der Waals surface area contributed by atoms with E-state index in [1.54, 1.807) is 4.90 Å². The molecule has 0 unspecified atom stereocenters. The lowest BCUT2D eigenvalue weighted by molar-refractivity contribution is -0.142. The molecule has 1 saturated heterocycles. The van der Waals surface area contributed by atoms with E-state index in [1.807, 2.05) is 32.0 Å². The van der Waals surface area contributed by atoms with E-state index in [1.165, 1.54) is 0 Å². The number of likely N-dealkylation sites (tertiary alicyclic amines) is 1. The summed E-state index contributed by atoms with van der Waals surface area (Å²) in [7, 11) is 0. The second-order valence-corrected chi connectivity index (χ2v) is 5.26. The molecule has 116 valence electrons. The maximum absolute atomic E-state index is 12.1. The minimum absolute atomic E-state index is 0. The second-order valence-electron chi connectivity index (χ2n) is 5.26. The van der Waals surface area contributed by atoms with Gasteiger partial charge in [-0.05, 0) is 50.4 Å². The number of hydrogen-bond donors (Lipinski definition) is 2. The average Bonchev–Trinajstić information content (AvgIpc) is 2.83. The van der Waals surface area contributed by atoms with E-state index in [-0.39, 0.29) is 24.9 Å². The highest BCUT2D eigenvalue weighted by atomic mass is 35.5. The van der Waals surface area contributed by atoms with Crippen LogP contribution in [0.3, 0.4) is 0 Å². The molecule has 0 aromatic heterocycles. The second kappa shape index (κ2) is 7.43. The molecule has 0 spiro atoms. The van der Waals surface area contributed by atoms with Gasteiger partial charge in [0.2, 0.25) is 5.91 Å². The smallest absolute Gasteiger partial charge is 0.320 e. The van der Waals surface area contributed by atoms with E-state index in [9.17, 15) is 9.59 Å². The number of aliphatic carboxylic acids is 1. The highest BCUT2D eigenvalue weighted by Crippen LogP contribution is 2.19. The third-order valence-electron chi connectivity index (χ3n) is 3.87. The van der Waals surface area contributed by atoms with E-state index in [2.05, 4.69) is 5.32 Å².